The molecule has 4 rings (SSSR count). The van der Waals surface area contributed by atoms with E-state index in [0.29, 0.717) is 22.5 Å². The third kappa shape index (κ3) is 3.15. The largest absolute Gasteiger partial charge is 0.494 e. The van der Waals surface area contributed by atoms with Gasteiger partial charge in [0.1, 0.15) is 5.52 Å². The van der Waals surface area contributed by atoms with Gasteiger partial charge in [-0.2, -0.15) is 5.10 Å². The third-order valence-corrected chi connectivity index (χ3v) is 4.60. The summed E-state index contributed by atoms with van der Waals surface area (Å²) in [5, 5.41) is 7.60. The van der Waals surface area contributed by atoms with Crippen LogP contribution in [-0.2, 0) is 7.05 Å². The molecule has 4 aromatic rings. The van der Waals surface area contributed by atoms with Crippen LogP contribution in [0.2, 0.25) is 0 Å². The van der Waals surface area contributed by atoms with E-state index in [4.69, 9.17) is 9.47 Å². The van der Waals surface area contributed by atoms with E-state index >= 15 is 0 Å². The smallest absolute Gasteiger partial charge is 0.177 e. The van der Waals surface area contributed by atoms with Gasteiger partial charge in [-0.25, -0.2) is 23.7 Å². The van der Waals surface area contributed by atoms with E-state index in [9.17, 15) is 8.78 Å². The van der Waals surface area contributed by atoms with Crippen molar-refractivity contribution in [2.24, 2.45) is 7.05 Å². The van der Waals surface area contributed by atoms with Crippen LogP contribution in [0.15, 0.2) is 30.7 Å². The zero-order valence-electron chi connectivity index (χ0n) is 16.7. The quantitative estimate of drug-likeness (QED) is 0.537. The highest BCUT2D eigenvalue weighted by Crippen LogP contribution is 2.38. The van der Waals surface area contributed by atoms with Gasteiger partial charge in [-0.15, -0.1) is 0 Å². The Bertz CT molecular complexity index is 1230. The second-order valence-corrected chi connectivity index (χ2v) is 6.42. The number of nitrogens with one attached hydrogen (secondary N) is 1. The average molecular weight is 412 g/mol. The molecule has 0 fully saturated rings. The molecule has 0 aliphatic heterocycles. The first-order valence-electron chi connectivity index (χ1n) is 8.91. The number of anilines is 1. The molecule has 10 heteroatoms. The topological polar surface area (TPSA) is 87.0 Å². The van der Waals surface area contributed by atoms with Gasteiger partial charge in [-0.05, 0) is 6.07 Å². The van der Waals surface area contributed by atoms with Crippen molar-refractivity contribution < 1.29 is 18.3 Å². The molecule has 0 atom stereocenters. The summed E-state index contributed by atoms with van der Waals surface area (Å²) < 4.78 is 41.6. The van der Waals surface area contributed by atoms with Gasteiger partial charge in [0, 0.05) is 37.9 Å². The van der Waals surface area contributed by atoms with Crippen molar-refractivity contribution in [1.82, 2.24) is 24.7 Å². The minimum Gasteiger partial charge on any atom is -0.494 e. The molecule has 1 N–H and O–H groups in total. The number of halogens is 2. The maximum Gasteiger partial charge on any atom is 0.177 e. The molecule has 0 radical (unpaired) electrons. The fraction of sp³-hybridized carbons (Fsp3) is 0.200. The number of fused-ring (bicyclic) bond motifs is 1. The van der Waals surface area contributed by atoms with Crippen LogP contribution in [0.5, 0.6) is 11.5 Å². The van der Waals surface area contributed by atoms with Crippen molar-refractivity contribution in [3.63, 3.8) is 0 Å². The lowest BCUT2D eigenvalue weighted by molar-refractivity contribution is 0.359. The number of benzene rings is 1. The Morgan fingerprint density at radius 2 is 1.70 bits per heavy atom. The van der Waals surface area contributed by atoms with Gasteiger partial charge in [-0.1, -0.05) is 0 Å². The van der Waals surface area contributed by atoms with Crippen LogP contribution in [0.25, 0.3) is 33.5 Å². The molecule has 0 aliphatic carbocycles. The van der Waals surface area contributed by atoms with Crippen molar-refractivity contribution in [1.29, 1.82) is 0 Å². The summed E-state index contributed by atoms with van der Waals surface area (Å²) in [6.45, 7) is 0. The van der Waals surface area contributed by atoms with Crippen LogP contribution < -0.4 is 14.8 Å². The lowest BCUT2D eigenvalue weighted by atomic mass is 10.1. The Morgan fingerprint density at radius 3 is 2.27 bits per heavy atom. The summed E-state index contributed by atoms with van der Waals surface area (Å²) in [5.41, 5.74) is 0.934. The first-order chi connectivity index (χ1) is 14.5. The second kappa shape index (κ2) is 7.54. The Morgan fingerprint density at radius 1 is 1.00 bits per heavy atom. The summed E-state index contributed by atoms with van der Waals surface area (Å²) in [4.78, 5) is 13.3. The van der Waals surface area contributed by atoms with Crippen molar-refractivity contribution in [2.75, 3.05) is 26.6 Å². The minimum absolute atomic E-state index is 0.0526. The van der Waals surface area contributed by atoms with E-state index in [-0.39, 0.29) is 22.8 Å². The number of hydrogen-bond acceptors (Lipinski definition) is 7. The highest BCUT2D eigenvalue weighted by molar-refractivity contribution is 5.92. The molecular weight excluding hydrogens is 394 g/mol. The van der Waals surface area contributed by atoms with Gasteiger partial charge in [0.05, 0.1) is 37.2 Å². The molecule has 0 saturated heterocycles. The van der Waals surface area contributed by atoms with Crippen molar-refractivity contribution in [3.8, 4) is 34.1 Å². The van der Waals surface area contributed by atoms with Crippen molar-refractivity contribution >= 4 is 16.7 Å². The lowest BCUT2D eigenvalue weighted by Crippen LogP contribution is -2.03. The fourth-order valence-corrected chi connectivity index (χ4v) is 3.13. The molecule has 154 valence electrons. The number of ether oxygens (including phenoxy) is 2. The molecule has 30 heavy (non-hydrogen) atoms. The van der Waals surface area contributed by atoms with Gasteiger partial charge in [-0.3, -0.25) is 4.68 Å². The molecule has 0 aliphatic rings. The normalized spacial score (nSPS) is 11.0. The summed E-state index contributed by atoms with van der Waals surface area (Å²) in [6, 6.07) is 2.67. The third-order valence-electron chi connectivity index (χ3n) is 4.60. The number of methoxy groups -OCH3 is 2. The van der Waals surface area contributed by atoms with E-state index in [2.05, 4.69) is 25.4 Å². The summed E-state index contributed by atoms with van der Waals surface area (Å²) >= 11 is 0. The monoisotopic (exact) mass is 412 g/mol. The highest BCUT2D eigenvalue weighted by Gasteiger charge is 2.24. The van der Waals surface area contributed by atoms with Gasteiger partial charge in [0.25, 0.3) is 0 Å². The number of rotatable bonds is 5. The highest BCUT2D eigenvalue weighted by atomic mass is 19.1. The molecular formula is C20H18F2N6O2. The van der Waals surface area contributed by atoms with Crippen LogP contribution in [0.4, 0.5) is 14.6 Å². The molecule has 0 amide bonds. The van der Waals surface area contributed by atoms with Crippen LogP contribution in [0.3, 0.4) is 0 Å². The maximum absolute atomic E-state index is 14.9. The fourth-order valence-electron chi connectivity index (χ4n) is 3.13. The molecule has 0 spiro atoms. The predicted molar refractivity (Wildman–Crippen MR) is 108 cm³/mol. The Labute approximate surface area is 170 Å². The number of hydrogen-bond donors (Lipinski definition) is 1. The van der Waals surface area contributed by atoms with Crippen LogP contribution in [-0.4, -0.2) is 46.0 Å². The maximum atomic E-state index is 14.9. The van der Waals surface area contributed by atoms with Gasteiger partial charge in [0.2, 0.25) is 0 Å². The lowest BCUT2D eigenvalue weighted by Gasteiger charge is -2.14. The minimum atomic E-state index is -0.877. The molecule has 1 aromatic carbocycles. The van der Waals surface area contributed by atoms with Crippen LogP contribution in [0, 0.1) is 11.6 Å². The predicted octanol–water partition coefficient (Wildman–Crippen LogP) is 3.43. The molecule has 0 saturated carbocycles. The van der Waals surface area contributed by atoms with E-state index in [1.54, 1.807) is 37.4 Å². The van der Waals surface area contributed by atoms with Crippen LogP contribution >= 0.6 is 0 Å². The van der Waals surface area contributed by atoms with E-state index in [1.165, 1.54) is 20.3 Å². The molecule has 3 heterocycles. The summed E-state index contributed by atoms with van der Waals surface area (Å²) in [7, 11) is 6.03. The van der Waals surface area contributed by atoms with Crippen molar-refractivity contribution in [3.05, 3.63) is 42.4 Å². The van der Waals surface area contributed by atoms with Crippen LogP contribution in [0.1, 0.15) is 0 Å². The first-order valence-corrected chi connectivity index (χ1v) is 8.91. The number of nitrogens with zero attached hydrogens (tertiary/aromatic N) is 5. The average Bonchev–Trinajstić information content (AvgIpc) is 3.19. The van der Waals surface area contributed by atoms with E-state index < -0.39 is 11.6 Å². The number of aromatic nitrogens is 5. The zero-order chi connectivity index (χ0) is 21.4. The Balaban J connectivity index is 1.94. The number of pyridine rings is 1. The Hall–Kier alpha value is -3.82. The molecule has 0 bridgehead atoms. The first kappa shape index (κ1) is 19.5. The van der Waals surface area contributed by atoms with E-state index in [1.807, 2.05) is 0 Å². The van der Waals surface area contributed by atoms with E-state index in [0.717, 1.165) is 11.6 Å². The standard InChI is InChI=1S/C20H18F2N6O2/c1-23-20-18-10(7-24-19(27-18)11-8-25-28(2)9-11)5-12(26-20)15-16(21)13(29-3)6-14(30-4)17(15)22/h5-9H,1-4H3,(H,23,26). The molecule has 0 unspecified atom stereocenters. The van der Waals surface area contributed by atoms with Gasteiger partial charge < -0.3 is 14.8 Å². The SMILES string of the molecule is CNc1nc(-c2c(F)c(OC)cc(OC)c2F)cc2cnc(-c3cnn(C)c3)nc12. The van der Waals surface area contributed by atoms with Gasteiger partial charge >= 0.3 is 0 Å². The zero-order valence-corrected chi connectivity index (χ0v) is 16.7. The molecule has 8 nitrogen and oxygen atoms in total. The summed E-state index contributed by atoms with van der Waals surface area (Å²) in [5.74, 6) is -1.26. The molecule has 3 aromatic heterocycles. The van der Waals surface area contributed by atoms with Crippen molar-refractivity contribution in [2.45, 2.75) is 0 Å². The summed E-state index contributed by atoms with van der Waals surface area (Å²) in [6.07, 6.45) is 5.01. The van der Waals surface area contributed by atoms with Gasteiger partial charge in [0.15, 0.2) is 34.8 Å². The Kier molecular flexibility index (Phi) is 4.90. The second-order valence-electron chi connectivity index (χ2n) is 6.42. The number of aryl methyl sites for hydroxylation is 1.